The Morgan fingerprint density at radius 3 is 2.50 bits per heavy atom. The summed E-state index contributed by atoms with van der Waals surface area (Å²) in [5, 5.41) is 3.58. The molecule has 96 valence electrons. The Hall–Kier alpha value is -0.120. The van der Waals surface area contributed by atoms with E-state index in [2.05, 4.69) is 36.1 Å². The highest BCUT2D eigenvalue weighted by Gasteiger charge is 2.15. The highest BCUT2D eigenvalue weighted by molar-refractivity contribution is 4.75. The van der Waals surface area contributed by atoms with E-state index in [0.29, 0.717) is 0 Å². The van der Waals surface area contributed by atoms with Crippen molar-refractivity contribution in [3.05, 3.63) is 0 Å². The first kappa shape index (κ1) is 13.9. The van der Waals surface area contributed by atoms with Gasteiger partial charge in [-0.05, 0) is 59.4 Å². The summed E-state index contributed by atoms with van der Waals surface area (Å²) in [5.74, 6) is 0. The van der Waals surface area contributed by atoms with E-state index < -0.39 is 0 Å². The normalized spacial score (nSPS) is 21.2. The Bertz CT molecular complexity index is 165. The van der Waals surface area contributed by atoms with E-state index in [0.717, 1.165) is 6.04 Å². The maximum Gasteiger partial charge on any atom is 0.0109 e. The van der Waals surface area contributed by atoms with E-state index in [1.807, 2.05) is 0 Å². The fraction of sp³-hybridized carbons (Fsp3) is 1.00. The zero-order valence-corrected chi connectivity index (χ0v) is 11.3. The van der Waals surface area contributed by atoms with Gasteiger partial charge in [0.05, 0.1) is 0 Å². The molecule has 3 heteroatoms. The van der Waals surface area contributed by atoms with Gasteiger partial charge < -0.3 is 15.1 Å². The minimum atomic E-state index is 0.790. The monoisotopic (exact) mass is 227 g/mol. The molecule has 0 radical (unpaired) electrons. The predicted molar refractivity (Wildman–Crippen MR) is 70.9 cm³/mol. The van der Waals surface area contributed by atoms with Gasteiger partial charge in [0.2, 0.25) is 0 Å². The van der Waals surface area contributed by atoms with Crippen molar-refractivity contribution in [3.8, 4) is 0 Å². The molecule has 0 bridgehead atoms. The number of nitrogens with zero attached hydrogens (tertiary/aromatic N) is 2. The second kappa shape index (κ2) is 8.04. The summed E-state index contributed by atoms with van der Waals surface area (Å²) in [4.78, 5) is 4.89. The van der Waals surface area contributed by atoms with Crippen molar-refractivity contribution in [1.82, 2.24) is 15.1 Å². The maximum absolute atomic E-state index is 3.58. The molecule has 1 heterocycles. The van der Waals surface area contributed by atoms with Gasteiger partial charge in [-0.1, -0.05) is 6.92 Å². The van der Waals surface area contributed by atoms with Gasteiger partial charge in [-0.15, -0.1) is 0 Å². The summed E-state index contributed by atoms with van der Waals surface area (Å²) in [6, 6.07) is 0.790. The summed E-state index contributed by atoms with van der Waals surface area (Å²) in [7, 11) is 4.31. The molecule has 0 spiro atoms. The summed E-state index contributed by atoms with van der Waals surface area (Å²) in [6.07, 6.45) is 5.35. The average molecular weight is 227 g/mol. The summed E-state index contributed by atoms with van der Waals surface area (Å²) >= 11 is 0. The topological polar surface area (TPSA) is 18.5 Å². The van der Waals surface area contributed by atoms with Crippen LogP contribution in [0.5, 0.6) is 0 Å². The molecule has 1 unspecified atom stereocenters. The molecule has 0 aromatic heterocycles. The maximum atomic E-state index is 3.58. The van der Waals surface area contributed by atoms with Crippen LogP contribution in [0.2, 0.25) is 0 Å². The highest BCUT2D eigenvalue weighted by atomic mass is 15.2. The predicted octanol–water partition coefficient (Wildman–Crippen LogP) is 1.40. The Morgan fingerprint density at radius 1 is 1.12 bits per heavy atom. The number of rotatable bonds is 8. The van der Waals surface area contributed by atoms with Crippen LogP contribution in [0.1, 0.15) is 32.6 Å². The van der Waals surface area contributed by atoms with Crippen molar-refractivity contribution in [2.75, 3.05) is 46.8 Å². The van der Waals surface area contributed by atoms with Gasteiger partial charge in [0.1, 0.15) is 0 Å². The lowest BCUT2D eigenvalue weighted by atomic mass is 10.1. The van der Waals surface area contributed by atoms with Gasteiger partial charge in [0.25, 0.3) is 0 Å². The average Bonchev–Trinajstić information content (AvgIpc) is 2.75. The molecule has 1 aliphatic rings. The van der Waals surface area contributed by atoms with Crippen molar-refractivity contribution < 1.29 is 0 Å². The summed E-state index contributed by atoms with van der Waals surface area (Å²) in [6.45, 7) is 8.41. The van der Waals surface area contributed by atoms with Crippen LogP contribution in [-0.4, -0.2) is 62.7 Å². The molecule has 0 aromatic rings. The zero-order chi connectivity index (χ0) is 11.8. The molecule has 1 rings (SSSR count). The molecule has 0 aliphatic carbocycles. The lowest BCUT2D eigenvalue weighted by molar-refractivity contribution is 0.231. The SMILES string of the molecule is CCCN(CCC1CCCN1)CCN(C)C. The van der Waals surface area contributed by atoms with Gasteiger partial charge in [-0.25, -0.2) is 0 Å². The fourth-order valence-corrected chi connectivity index (χ4v) is 2.33. The molecule has 1 saturated heterocycles. The molecular weight excluding hydrogens is 198 g/mol. The molecule has 1 N–H and O–H groups in total. The van der Waals surface area contributed by atoms with Crippen LogP contribution >= 0.6 is 0 Å². The van der Waals surface area contributed by atoms with E-state index in [-0.39, 0.29) is 0 Å². The molecule has 3 nitrogen and oxygen atoms in total. The number of likely N-dealkylation sites (N-methyl/N-ethyl adjacent to an activating group) is 1. The molecule has 1 fully saturated rings. The van der Waals surface area contributed by atoms with Gasteiger partial charge in [0.15, 0.2) is 0 Å². The quantitative estimate of drug-likeness (QED) is 0.676. The highest BCUT2D eigenvalue weighted by Crippen LogP contribution is 2.09. The summed E-state index contributed by atoms with van der Waals surface area (Å²) in [5.41, 5.74) is 0. The third-order valence-corrected chi connectivity index (χ3v) is 3.36. The lowest BCUT2D eigenvalue weighted by Gasteiger charge is -2.24. The van der Waals surface area contributed by atoms with E-state index in [4.69, 9.17) is 0 Å². The van der Waals surface area contributed by atoms with Crippen molar-refractivity contribution in [2.45, 2.75) is 38.6 Å². The first-order chi connectivity index (χ1) is 7.72. The lowest BCUT2D eigenvalue weighted by Crippen LogP contribution is -2.35. The largest absolute Gasteiger partial charge is 0.314 e. The van der Waals surface area contributed by atoms with Gasteiger partial charge in [-0.2, -0.15) is 0 Å². The third-order valence-electron chi connectivity index (χ3n) is 3.36. The Labute approximate surface area is 101 Å². The molecule has 0 amide bonds. The van der Waals surface area contributed by atoms with Crippen LogP contribution in [-0.2, 0) is 0 Å². The number of hydrogen-bond acceptors (Lipinski definition) is 3. The second-order valence-corrected chi connectivity index (χ2v) is 5.23. The first-order valence-electron chi connectivity index (χ1n) is 6.83. The van der Waals surface area contributed by atoms with E-state index in [1.54, 1.807) is 0 Å². The van der Waals surface area contributed by atoms with Gasteiger partial charge in [-0.3, -0.25) is 0 Å². The third kappa shape index (κ3) is 5.83. The van der Waals surface area contributed by atoms with Gasteiger partial charge in [0, 0.05) is 19.1 Å². The Balaban J connectivity index is 2.15. The minimum absolute atomic E-state index is 0.790. The fourth-order valence-electron chi connectivity index (χ4n) is 2.33. The second-order valence-electron chi connectivity index (χ2n) is 5.23. The number of nitrogens with one attached hydrogen (secondary N) is 1. The summed E-state index contributed by atoms with van der Waals surface area (Å²) < 4.78 is 0. The van der Waals surface area contributed by atoms with E-state index in [9.17, 15) is 0 Å². The molecule has 1 atom stereocenters. The molecule has 16 heavy (non-hydrogen) atoms. The van der Waals surface area contributed by atoms with Crippen molar-refractivity contribution in [1.29, 1.82) is 0 Å². The van der Waals surface area contributed by atoms with Crippen molar-refractivity contribution in [2.24, 2.45) is 0 Å². The molecule has 0 aromatic carbocycles. The first-order valence-corrected chi connectivity index (χ1v) is 6.83. The van der Waals surface area contributed by atoms with Crippen LogP contribution in [0, 0.1) is 0 Å². The Kier molecular flexibility index (Phi) is 7.01. The van der Waals surface area contributed by atoms with Crippen LogP contribution in [0.15, 0.2) is 0 Å². The number of hydrogen-bond donors (Lipinski definition) is 1. The van der Waals surface area contributed by atoms with Crippen LogP contribution in [0.4, 0.5) is 0 Å². The molecule has 0 saturated carbocycles. The smallest absolute Gasteiger partial charge is 0.0109 e. The van der Waals surface area contributed by atoms with Gasteiger partial charge >= 0.3 is 0 Å². The van der Waals surface area contributed by atoms with E-state index >= 15 is 0 Å². The van der Waals surface area contributed by atoms with Crippen molar-refractivity contribution >= 4 is 0 Å². The zero-order valence-electron chi connectivity index (χ0n) is 11.3. The Morgan fingerprint density at radius 2 is 1.94 bits per heavy atom. The van der Waals surface area contributed by atoms with Crippen LogP contribution < -0.4 is 5.32 Å². The van der Waals surface area contributed by atoms with E-state index in [1.165, 1.54) is 58.4 Å². The van der Waals surface area contributed by atoms with Crippen LogP contribution in [0.3, 0.4) is 0 Å². The van der Waals surface area contributed by atoms with Crippen molar-refractivity contribution in [3.63, 3.8) is 0 Å². The molecule has 1 aliphatic heterocycles. The minimum Gasteiger partial charge on any atom is -0.314 e. The van der Waals surface area contributed by atoms with Crippen LogP contribution in [0.25, 0.3) is 0 Å². The standard InChI is InChI=1S/C13H29N3/c1-4-9-16(12-11-15(2)3)10-7-13-6-5-8-14-13/h13-14H,4-12H2,1-3H3. The molecular formula is C13H29N3.